The van der Waals surface area contributed by atoms with Crippen molar-refractivity contribution >= 4 is 45.2 Å². The number of nitrogens with zero attached hydrogens (tertiary/aromatic N) is 3. The lowest BCUT2D eigenvalue weighted by atomic mass is 10.2. The Morgan fingerprint density at radius 2 is 1.89 bits per heavy atom. The number of carbonyl (C=O) groups excluding carboxylic acids is 1. The van der Waals surface area contributed by atoms with Crippen molar-refractivity contribution in [2.24, 2.45) is 0 Å². The number of halogens is 1. The minimum absolute atomic E-state index is 0.145. The number of amides is 1. The summed E-state index contributed by atoms with van der Waals surface area (Å²) >= 11 is 4.90. The summed E-state index contributed by atoms with van der Waals surface area (Å²) in [6.45, 7) is 1.94. The number of anilines is 2. The molecule has 27 heavy (non-hydrogen) atoms. The number of thioether (sulfide) groups is 1. The summed E-state index contributed by atoms with van der Waals surface area (Å²) in [5.74, 6) is 0.820. The fourth-order valence-electron chi connectivity index (χ4n) is 2.65. The Bertz CT molecular complexity index is 898. The van der Waals surface area contributed by atoms with Gasteiger partial charge in [-0.1, -0.05) is 64.9 Å². The quantitative estimate of drug-likeness (QED) is 0.522. The number of hydrogen-bond donors (Lipinski definition) is 2. The standard InChI is InChI=1S/C19H20BrN5OS/c1-2-16(17(26)22-15-10-8-14(20)9-11-15)25-18(21)23-24-19(25)27-12-13-6-4-3-5-7-13/h3-11,16H,2,12H2,1H3,(H2,21,23)(H,22,26). The number of carbonyl (C=O) groups is 1. The Morgan fingerprint density at radius 3 is 2.56 bits per heavy atom. The minimum atomic E-state index is -0.484. The van der Waals surface area contributed by atoms with Crippen LogP contribution in [0.25, 0.3) is 0 Å². The second kappa shape index (κ2) is 9.05. The average Bonchev–Trinajstić information content (AvgIpc) is 3.04. The van der Waals surface area contributed by atoms with E-state index in [1.54, 1.807) is 4.57 Å². The topological polar surface area (TPSA) is 85.8 Å². The van der Waals surface area contributed by atoms with Crippen molar-refractivity contribution in [3.8, 4) is 0 Å². The van der Waals surface area contributed by atoms with Gasteiger partial charge in [-0.05, 0) is 36.2 Å². The van der Waals surface area contributed by atoms with Crippen molar-refractivity contribution in [1.29, 1.82) is 0 Å². The van der Waals surface area contributed by atoms with Crippen LogP contribution < -0.4 is 11.1 Å². The van der Waals surface area contributed by atoms with Crippen molar-refractivity contribution in [2.75, 3.05) is 11.1 Å². The molecule has 1 atom stereocenters. The summed E-state index contributed by atoms with van der Waals surface area (Å²) in [5.41, 5.74) is 7.93. The van der Waals surface area contributed by atoms with Gasteiger partial charge in [0.2, 0.25) is 11.9 Å². The number of nitrogens with two attached hydrogens (primary N) is 1. The van der Waals surface area contributed by atoms with Crippen LogP contribution in [0.3, 0.4) is 0 Å². The Hall–Kier alpha value is -2.32. The van der Waals surface area contributed by atoms with E-state index in [2.05, 4.69) is 43.6 Å². The molecule has 1 unspecified atom stereocenters. The fraction of sp³-hybridized carbons (Fsp3) is 0.211. The van der Waals surface area contributed by atoms with E-state index in [1.165, 1.54) is 17.3 Å². The highest BCUT2D eigenvalue weighted by Crippen LogP contribution is 2.28. The smallest absolute Gasteiger partial charge is 0.247 e. The fourth-order valence-corrected chi connectivity index (χ4v) is 3.86. The lowest BCUT2D eigenvalue weighted by molar-refractivity contribution is -0.119. The molecule has 1 heterocycles. The minimum Gasteiger partial charge on any atom is -0.368 e. The Kier molecular flexibility index (Phi) is 6.52. The van der Waals surface area contributed by atoms with Crippen LogP contribution in [0.5, 0.6) is 0 Å². The molecular formula is C19H20BrN5OS. The lowest BCUT2D eigenvalue weighted by Gasteiger charge is -2.19. The normalized spacial score (nSPS) is 11.9. The van der Waals surface area contributed by atoms with E-state index in [4.69, 9.17) is 5.73 Å². The Morgan fingerprint density at radius 1 is 1.19 bits per heavy atom. The molecule has 0 aliphatic heterocycles. The van der Waals surface area contributed by atoms with Crippen LogP contribution in [-0.2, 0) is 10.5 Å². The van der Waals surface area contributed by atoms with Crippen LogP contribution in [0.4, 0.5) is 11.6 Å². The summed E-state index contributed by atoms with van der Waals surface area (Å²) in [4.78, 5) is 12.8. The predicted octanol–water partition coefficient (Wildman–Crippen LogP) is 4.50. The maximum atomic E-state index is 12.8. The molecule has 0 fully saturated rings. The summed E-state index contributed by atoms with van der Waals surface area (Å²) in [6.07, 6.45) is 0.573. The predicted molar refractivity (Wildman–Crippen MR) is 113 cm³/mol. The van der Waals surface area contributed by atoms with Crippen molar-refractivity contribution in [3.63, 3.8) is 0 Å². The Balaban J connectivity index is 1.77. The second-order valence-electron chi connectivity index (χ2n) is 5.91. The zero-order valence-electron chi connectivity index (χ0n) is 14.8. The van der Waals surface area contributed by atoms with Crippen LogP contribution in [0.2, 0.25) is 0 Å². The van der Waals surface area contributed by atoms with Gasteiger partial charge in [0.05, 0.1) is 0 Å². The number of rotatable bonds is 7. The van der Waals surface area contributed by atoms with Gasteiger partial charge in [-0.2, -0.15) is 0 Å². The molecule has 140 valence electrons. The first-order valence-electron chi connectivity index (χ1n) is 8.52. The average molecular weight is 446 g/mol. The molecular weight excluding hydrogens is 426 g/mol. The zero-order chi connectivity index (χ0) is 19.2. The lowest BCUT2D eigenvalue weighted by Crippen LogP contribution is -2.27. The zero-order valence-corrected chi connectivity index (χ0v) is 17.2. The monoisotopic (exact) mass is 445 g/mol. The van der Waals surface area contributed by atoms with Gasteiger partial charge >= 0.3 is 0 Å². The highest BCUT2D eigenvalue weighted by atomic mass is 79.9. The van der Waals surface area contributed by atoms with Crippen molar-refractivity contribution in [2.45, 2.75) is 30.3 Å². The number of nitrogen functional groups attached to an aromatic ring is 1. The first-order chi connectivity index (χ1) is 13.1. The molecule has 2 aromatic carbocycles. The van der Waals surface area contributed by atoms with Crippen LogP contribution >= 0.6 is 27.7 Å². The van der Waals surface area contributed by atoms with Crippen LogP contribution in [0, 0.1) is 0 Å². The molecule has 0 radical (unpaired) electrons. The first-order valence-corrected chi connectivity index (χ1v) is 10.3. The van der Waals surface area contributed by atoms with Crippen LogP contribution in [0.15, 0.2) is 64.2 Å². The van der Waals surface area contributed by atoms with Crippen molar-refractivity contribution in [3.05, 3.63) is 64.6 Å². The molecule has 1 amide bonds. The van der Waals surface area contributed by atoms with Gasteiger partial charge < -0.3 is 11.1 Å². The van der Waals surface area contributed by atoms with Crippen LogP contribution in [-0.4, -0.2) is 20.7 Å². The van der Waals surface area contributed by atoms with Crippen LogP contribution in [0.1, 0.15) is 24.9 Å². The third-order valence-electron chi connectivity index (χ3n) is 4.01. The summed E-state index contributed by atoms with van der Waals surface area (Å²) < 4.78 is 2.66. The molecule has 0 spiro atoms. The van der Waals surface area contributed by atoms with E-state index >= 15 is 0 Å². The largest absolute Gasteiger partial charge is 0.368 e. The molecule has 8 heteroatoms. The van der Waals surface area contributed by atoms with E-state index in [0.717, 1.165) is 15.9 Å². The SMILES string of the molecule is CCC(C(=O)Nc1ccc(Br)cc1)n1c(N)nnc1SCc1ccccc1. The molecule has 1 aromatic heterocycles. The maximum absolute atomic E-state index is 12.8. The third kappa shape index (κ3) is 4.90. The van der Waals surface area contributed by atoms with Gasteiger partial charge in [-0.25, -0.2) is 0 Å². The summed E-state index contributed by atoms with van der Waals surface area (Å²) in [5, 5.41) is 11.7. The van der Waals surface area contributed by atoms with Gasteiger partial charge in [0.1, 0.15) is 6.04 Å². The van der Waals surface area contributed by atoms with E-state index < -0.39 is 6.04 Å². The highest BCUT2D eigenvalue weighted by molar-refractivity contribution is 9.10. The van der Waals surface area contributed by atoms with Gasteiger partial charge in [0.25, 0.3) is 0 Å². The van der Waals surface area contributed by atoms with Gasteiger partial charge in [0, 0.05) is 15.9 Å². The van der Waals surface area contributed by atoms with Crippen molar-refractivity contribution < 1.29 is 4.79 Å². The number of hydrogen-bond acceptors (Lipinski definition) is 5. The number of benzene rings is 2. The molecule has 0 bridgehead atoms. The molecule has 0 saturated heterocycles. The van der Waals surface area contributed by atoms with Gasteiger partial charge in [-0.3, -0.25) is 9.36 Å². The highest BCUT2D eigenvalue weighted by Gasteiger charge is 2.25. The molecule has 0 saturated carbocycles. The van der Waals surface area contributed by atoms with E-state index in [1.807, 2.05) is 49.4 Å². The maximum Gasteiger partial charge on any atom is 0.247 e. The van der Waals surface area contributed by atoms with Gasteiger partial charge in [-0.15, -0.1) is 10.2 Å². The third-order valence-corrected chi connectivity index (χ3v) is 5.56. The van der Waals surface area contributed by atoms with E-state index in [9.17, 15) is 4.79 Å². The second-order valence-corrected chi connectivity index (χ2v) is 7.76. The molecule has 3 rings (SSSR count). The first kappa shape index (κ1) is 19.4. The van der Waals surface area contributed by atoms with Crippen molar-refractivity contribution in [1.82, 2.24) is 14.8 Å². The summed E-state index contributed by atoms with van der Waals surface area (Å²) in [6, 6.07) is 17.0. The number of aromatic nitrogens is 3. The molecule has 3 N–H and O–H groups in total. The Labute approximate surface area is 170 Å². The molecule has 0 aliphatic carbocycles. The van der Waals surface area contributed by atoms with E-state index in [0.29, 0.717) is 11.6 Å². The number of nitrogens with one attached hydrogen (secondary N) is 1. The molecule has 0 aliphatic rings. The molecule has 6 nitrogen and oxygen atoms in total. The summed E-state index contributed by atoms with van der Waals surface area (Å²) in [7, 11) is 0. The van der Waals surface area contributed by atoms with E-state index in [-0.39, 0.29) is 11.9 Å². The van der Waals surface area contributed by atoms with Gasteiger partial charge in [0.15, 0.2) is 5.16 Å². The molecule has 3 aromatic rings.